The molecule has 1 aliphatic carbocycles. The first-order valence-electron chi connectivity index (χ1n) is 6.30. The van der Waals surface area contributed by atoms with Crippen molar-refractivity contribution in [2.75, 3.05) is 0 Å². The number of hydrogen-bond donors (Lipinski definition) is 1. The van der Waals surface area contributed by atoms with Gasteiger partial charge in [-0.25, -0.2) is 0 Å². The zero-order chi connectivity index (χ0) is 12.4. The summed E-state index contributed by atoms with van der Waals surface area (Å²) in [6, 6.07) is 10.9. The molecular weight excluding hydrogens is 240 g/mol. The van der Waals surface area contributed by atoms with Crippen LogP contribution in [-0.2, 0) is 19.4 Å². The zero-order valence-corrected chi connectivity index (χ0v) is 11.0. The van der Waals surface area contributed by atoms with Crippen LogP contribution in [-0.4, -0.2) is 4.98 Å². The molecule has 0 bridgehead atoms. The average Bonchev–Trinajstić information content (AvgIpc) is 2.86. The summed E-state index contributed by atoms with van der Waals surface area (Å²) in [6.07, 6.45) is 5.61. The molecular formula is C15H16N2S. The summed E-state index contributed by atoms with van der Waals surface area (Å²) >= 11 is 1.79. The molecule has 1 aliphatic rings. The lowest BCUT2D eigenvalue weighted by molar-refractivity contribution is 0.911. The lowest BCUT2D eigenvalue weighted by Gasteiger charge is -2.05. The maximum absolute atomic E-state index is 5.61. The molecule has 1 heterocycles. The fourth-order valence-electron chi connectivity index (χ4n) is 2.38. The molecule has 0 saturated heterocycles. The van der Waals surface area contributed by atoms with Crippen molar-refractivity contribution in [3.05, 3.63) is 53.3 Å². The first kappa shape index (κ1) is 11.8. The van der Waals surface area contributed by atoms with Crippen molar-refractivity contribution in [2.45, 2.75) is 35.6 Å². The number of aromatic nitrogens is 1. The normalized spacial score (nSPS) is 13.6. The van der Waals surface area contributed by atoms with Crippen LogP contribution in [0.3, 0.4) is 0 Å². The van der Waals surface area contributed by atoms with Gasteiger partial charge in [-0.05, 0) is 54.7 Å². The molecule has 3 heteroatoms. The van der Waals surface area contributed by atoms with Gasteiger partial charge in [-0.3, -0.25) is 4.98 Å². The summed E-state index contributed by atoms with van der Waals surface area (Å²) in [5.74, 6) is 0. The van der Waals surface area contributed by atoms with E-state index < -0.39 is 0 Å². The van der Waals surface area contributed by atoms with Crippen molar-refractivity contribution in [3.8, 4) is 0 Å². The molecule has 0 fully saturated rings. The van der Waals surface area contributed by atoms with Gasteiger partial charge in [-0.2, -0.15) is 0 Å². The third-order valence-corrected chi connectivity index (χ3v) is 4.28. The Kier molecular flexibility index (Phi) is 3.35. The van der Waals surface area contributed by atoms with Crippen LogP contribution < -0.4 is 5.73 Å². The number of nitrogens with two attached hydrogens (primary N) is 1. The average molecular weight is 256 g/mol. The highest BCUT2D eigenvalue weighted by Crippen LogP contribution is 2.31. The lowest BCUT2D eigenvalue weighted by Crippen LogP contribution is -1.98. The molecule has 92 valence electrons. The molecule has 18 heavy (non-hydrogen) atoms. The third-order valence-electron chi connectivity index (χ3n) is 3.30. The first-order valence-corrected chi connectivity index (χ1v) is 7.11. The number of nitrogens with zero attached hydrogens (tertiary/aromatic N) is 1. The number of rotatable bonds is 3. The van der Waals surface area contributed by atoms with Gasteiger partial charge in [0.1, 0.15) is 0 Å². The second-order valence-corrected chi connectivity index (χ2v) is 5.72. The van der Waals surface area contributed by atoms with Crippen molar-refractivity contribution in [3.63, 3.8) is 0 Å². The Morgan fingerprint density at radius 1 is 1.06 bits per heavy atom. The summed E-state index contributed by atoms with van der Waals surface area (Å²) < 4.78 is 0. The van der Waals surface area contributed by atoms with Gasteiger partial charge in [0, 0.05) is 22.5 Å². The highest BCUT2D eigenvalue weighted by Gasteiger charge is 2.11. The Morgan fingerprint density at radius 2 is 1.89 bits per heavy atom. The Labute approximate surface area is 112 Å². The fourth-order valence-corrected chi connectivity index (χ4v) is 3.31. The molecule has 0 amide bonds. The minimum Gasteiger partial charge on any atom is -0.325 e. The minimum atomic E-state index is 0.499. The minimum absolute atomic E-state index is 0.499. The van der Waals surface area contributed by atoms with Gasteiger partial charge in [-0.1, -0.05) is 17.8 Å². The Morgan fingerprint density at radius 3 is 2.78 bits per heavy atom. The summed E-state index contributed by atoms with van der Waals surface area (Å²) in [6.45, 7) is 0.499. The molecule has 2 N–H and O–H groups in total. The molecule has 2 nitrogen and oxygen atoms in total. The maximum Gasteiger partial charge on any atom is 0.0550 e. The van der Waals surface area contributed by atoms with E-state index in [1.165, 1.54) is 40.2 Å². The molecule has 0 unspecified atom stereocenters. The molecule has 0 radical (unpaired) electrons. The Hall–Kier alpha value is -1.32. The van der Waals surface area contributed by atoms with E-state index >= 15 is 0 Å². The van der Waals surface area contributed by atoms with Crippen LogP contribution in [0, 0.1) is 0 Å². The predicted molar refractivity (Wildman–Crippen MR) is 74.7 cm³/mol. The SMILES string of the molecule is NCc1cc(Sc2ccc3c(c2)CCC3)ccn1. The van der Waals surface area contributed by atoms with Gasteiger partial charge >= 0.3 is 0 Å². The van der Waals surface area contributed by atoms with Crippen LogP contribution in [0.1, 0.15) is 23.2 Å². The van der Waals surface area contributed by atoms with Crippen LogP contribution >= 0.6 is 11.8 Å². The second-order valence-electron chi connectivity index (χ2n) is 4.57. The molecule has 0 spiro atoms. The summed E-state index contributed by atoms with van der Waals surface area (Å²) in [7, 11) is 0. The van der Waals surface area contributed by atoms with Gasteiger partial charge in [0.05, 0.1) is 5.69 Å². The number of fused-ring (bicyclic) bond motifs is 1. The molecule has 0 aliphatic heterocycles. The predicted octanol–water partition coefficient (Wildman–Crippen LogP) is 3.18. The van der Waals surface area contributed by atoms with E-state index in [4.69, 9.17) is 5.73 Å². The van der Waals surface area contributed by atoms with Gasteiger partial charge in [0.2, 0.25) is 0 Å². The van der Waals surface area contributed by atoms with Crippen LogP contribution in [0.25, 0.3) is 0 Å². The number of hydrogen-bond acceptors (Lipinski definition) is 3. The summed E-state index contributed by atoms with van der Waals surface area (Å²) in [5.41, 5.74) is 9.61. The summed E-state index contributed by atoms with van der Waals surface area (Å²) in [5, 5.41) is 0. The number of pyridine rings is 1. The number of benzene rings is 1. The molecule has 0 saturated carbocycles. The molecule has 0 atom stereocenters. The van der Waals surface area contributed by atoms with E-state index in [0.717, 1.165) is 5.69 Å². The number of aryl methyl sites for hydroxylation is 2. The van der Waals surface area contributed by atoms with Crippen LogP contribution in [0.5, 0.6) is 0 Å². The van der Waals surface area contributed by atoms with Crippen LogP contribution in [0.4, 0.5) is 0 Å². The van der Waals surface area contributed by atoms with E-state index in [1.807, 2.05) is 12.3 Å². The molecule has 3 rings (SSSR count). The third kappa shape index (κ3) is 2.42. The van der Waals surface area contributed by atoms with Crippen LogP contribution in [0.2, 0.25) is 0 Å². The molecule has 1 aromatic heterocycles. The highest BCUT2D eigenvalue weighted by atomic mass is 32.2. The van der Waals surface area contributed by atoms with E-state index in [2.05, 4.69) is 29.2 Å². The molecule has 1 aromatic carbocycles. The van der Waals surface area contributed by atoms with Crippen molar-refractivity contribution in [1.82, 2.24) is 4.98 Å². The van der Waals surface area contributed by atoms with E-state index in [-0.39, 0.29) is 0 Å². The molecule has 2 aromatic rings. The summed E-state index contributed by atoms with van der Waals surface area (Å²) in [4.78, 5) is 6.74. The zero-order valence-electron chi connectivity index (χ0n) is 10.2. The first-order chi connectivity index (χ1) is 8.85. The topological polar surface area (TPSA) is 38.9 Å². The van der Waals surface area contributed by atoms with Crippen molar-refractivity contribution in [2.24, 2.45) is 5.73 Å². The van der Waals surface area contributed by atoms with Crippen molar-refractivity contribution < 1.29 is 0 Å². The standard InChI is InChI=1S/C15H16N2S/c16-10-13-9-15(6-7-17-13)18-14-5-4-11-2-1-3-12(11)8-14/h4-9H,1-3,10,16H2. The van der Waals surface area contributed by atoms with E-state index in [0.29, 0.717) is 6.54 Å². The quantitative estimate of drug-likeness (QED) is 0.916. The monoisotopic (exact) mass is 256 g/mol. The van der Waals surface area contributed by atoms with E-state index in [9.17, 15) is 0 Å². The fraction of sp³-hybridized carbons (Fsp3) is 0.267. The van der Waals surface area contributed by atoms with Gasteiger partial charge in [0.25, 0.3) is 0 Å². The second kappa shape index (κ2) is 5.12. The van der Waals surface area contributed by atoms with Crippen LogP contribution in [0.15, 0.2) is 46.3 Å². The van der Waals surface area contributed by atoms with Gasteiger partial charge in [-0.15, -0.1) is 0 Å². The largest absolute Gasteiger partial charge is 0.325 e. The Balaban J connectivity index is 1.83. The smallest absolute Gasteiger partial charge is 0.0550 e. The highest BCUT2D eigenvalue weighted by molar-refractivity contribution is 7.99. The van der Waals surface area contributed by atoms with Gasteiger partial charge in [0.15, 0.2) is 0 Å². The van der Waals surface area contributed by atoms with Crippen molar-refractivity contribution >= 4 is 11.8 Å². The van der Waals surface area contributed by atoms with Gasteiger partial charge < -0.3 is 5.73 Å². The van der Waals surface area contributed by atoms with E-state index in [1.54, 1.807) is 11.8 Å². The lowest BCUT2D eigenvalue weighted by atomic mass is 10.1. The Bertz CT molecular complexity index is 566. The van der Waals surface area contributed by atoms with Crippen molar-refractivity contribution in [1.29, 1.82) is 0 Å². The maximum atomic E-state index is 5.61.